The van der Waals surface area contributed by atoms with E-state index < -0.39 is 0 Å². The van der Waals surface area contributed by atoms with Crippen LogP contribution in [0.3, 0.4) is 0 Å². The molecule has 2 aromatic rings. The van der Waals surface area contributed by atoms with E-state index in [2.05, 4.69) is 104 Å². The van der Waals surface area contributed by atoms with Crippen LogP contribution in [0.4, 0.5) is 0 Å². The van der Waals surface area contributed by atoms with Gasteiger partial charge in [0.25, 0.3) is 0 Å². The topological polar surface area (TPSA) is 0 Å². The van der Waals surface area contributed by atoms with Crippen LogP contribution in [0, 0.1) is 0 Å². The summed E-state index contributed by atoms with van der Waals surface area (Å²) in [7, 11) is 0. The first-order valence-corrected chi connectivity index (χ1v) is 11.1. The van der Waals surface area contributed by atoms with Gasteiger partial charge in [0.2, 0.25) is 0 Å². The van der Waals surface area contributed by atoms with Gasteiger partial charge in [-0.3, -0.25) is 0 Å². The molecule has 0 spiro atoms. The fourth-order valence-electron chi connectivity index (χ4n) is 4.61. The predicted molar refractivity (Wildman–Crippen MR) is 127 cm³/mol. The minimum Gasteiger partial charge on any atom is -0.0990 e. The Balaban J connectivity index is 1.96. The molecule has 0 unspecified atom stereocenters. The molecule has 27 heavy (non-hydrogen) atoms. The highest BCUT2D eigenvalue weighted by molar-refractivity contribution is 14.1. The smallest absolute Gasteiger partial charge is 0.0182 e. The number of benzene rings is 2. The molecule has 4 rings (SSSR count). The van der Waals surface area contributed by atoms with Crippen LogP contribution in [-0.2, 0) is 5.41 Å². The second-order valence-electron chi connectivity index (χ2n) is 7.78. The molecule has 0 amide bonds. The van der Waals surface area contributed by atoms with Crippen molar-refractivity contribution in [1.29, 1.82) is 0 Å². The van der Waals surface area contributed by atoms with Crippen molar-refractivity contribution in [3.8, 4) is 0 Å². The molecule has 0 saturated heterocycles. The molecule has 0 N–H and O–H groups in total. The molecule has 0 nitrogen and oxygen atoms in total. The highest BCUT2D eigenvalue weighted by Crippen LogP contribution is 2.50. The molecule has 0 heterocycles. The van der Waals surface area contributed by atoms with Crippen LogP contribution in [-0.4, -0.2) is 4.43 Å². The van der Waals surface area contributed by atoms with E-state index in [9.17, 15) is 0 Å². The van der Waals surface area contributed by atoms with Gasteiger partial charge >= 0.3 is 0 Å². The van der Waals surface area contributed by atoms with Gasteiger partial charge < -0.3 is 0 Å². The summed E-state index contributed by atoms with van der Waals surface area (Å²) >= 11 is 2.44. The lowest BCUT2D eigenvalue weighted by Crippen LogP contribution is -2.29. The third kappa shape index (κ3) is 3.06. The predicted octanol–water partition coefficient (Wildman–Crippen LogP) is 5.68. The average molecular weight is 464 g/mol. The largest absolute Gasteiger partial charge is 0.0990 e. The first kappa shape index (κ1) is 18.5. The van der Waals surface area contributed by atoms with Gasteiger partial charge in [-0.2, -0.15) is 0 Å². The molecule has 0 fully saturated rings. The lowest BCUT2D eigenvalue weighted by molar-refractivity contribution is 0.659. The molecule has 0 saturated carbocycles. The fourth-order valence-corrected chi connectivity index (χ4v) is 5.05. The summed E-state index contributed by atoms with van der Waals surface area (Å²) in [4.78, 5) is 0. The molecular formula is C26H25I. The van der Waals surface area contributed by atoms with Crippen molar-refractivity contribution in [3.05, 3.63) is 100.0 Å². The van der Waals surface area contributed by atoms with E-state index in [1.54, 1.807) is 0 Å². The van der Waals surface area contributed by atoms with Gasteiger partial charge in [0.05, 0.1) is 0 Å². The van der Waals surface area contributed by atoms with Crippen LogP contribution in [0.2, 0.25) is 0 Å². The lowest BCUT2D eigenvalue weighted by Gasteiger charge is -2.23. The zero-order valence-corrected chi connectivity index (χ0v) is 18.2. The fraction of sp³-hybridized carbons (Fsp3) is 0.231. The third-order valence-corrected chi connectivity index (χ3v) is 6.35. The Morgan fingerprint density at radius 1 is 1.15 bits per heavy atom. The Morgan fingerprint density at radius 2 is 1.96 bits per heavy atom. The third-order valence-electron chi connectivity index (χ3n) is 5.91. The van der Waals surface area contributed by atoms with Crippen molar-refractivity contribution < 1.29 is 0 Å². The Hall–Kier alpha value is -1.87. The second kappa shape index (κ2) is 7.27. The van der Waals surface area contributed by atoms with Crippen molar-refractivity contribution in [2.75, 3.05) is 4.43 Å². The monoisotopic (exact) mass is 464 g/mol. The van der Waals surface area contributed by atoms with Gasteiger partial charge in [-0.25, -0.2) is 0 Å². The first-order valence-electron chi connectivity index (χ1n) is 9.61. The van der Waals surface area contributed by atoms with E-state index in [1.807, 2.05) is 6.08 Å². The molecule has 0 aromatic heterocycles. The summed E-state index contributed by atoms with van der Waals surface area (Å²) in [5, 5.41) is 2.76. The summed E-state index contributed by atoms with van der Waals surface area (Å²) in [5.41, 5.74) is 8.41. The van der Waals surface area contributed by atoms with Crippen LogP contribution < -0.4 is 10.4 Å². The Morgan fingerprint density at radius 3 is 2.74 bits per heavy atom. The summed E-state index contributed by atoms with van der Waals surface area (Å²) < 4.78 is 1.02. The maximum Gasteiger partial charge on any atom is 0.0182 e. The number of fused-ring (bicyclic) bond motifs is 2. The lowest BCUT2D eigenvalue weighted by atomic mass is 9.81. The van der Waals surface area contributed by atoms with Crippen LogP contribution in [0.5, 0.6) is 0 Å². The standard InChI is InChI=1S/C26H25I/c1-4-8-22-23-14-13-19(17-25(23)26(2,3)24(22)15-16-27)21-12-7-10-18-9-5-6-11-20(18)21/h4-6,8-11,13-15,17H,1,7,12,16H2,2-3H3/b22-8-,24-15+. The SMILES string of the molecule is C=C/C=C1\C(=C/CI)C(C)(C)c2cc(C3=c4ccccc4=CCC3)ccc21. The number of allylic oxidation sites excluding steroid dienone is 5. The molecule has 0 aliphatic heterocycles. The number of alkyl halides is 1. The highest BCUT2D eigenvalue weighted by atomic mass is 127. The van der Waals surface area contributed by atoms with E-state index in [4.69, 9.17) is 0 Å². The van der Waals surface area contributed by atoms with E-state index in [0.717, 1.165) is 17.3 Å². The van der Waals surface area contributed by atoms with Gasteiger partial charge in [0.15, 0.2) is 0 Å². The van der Waals surface area contributed by atoms with E-state index in [0.29, 0.717) is 0 Å². The van der Waals surface area contributed by atoms with E-state index in [-0.39, 0.29) is 5.41 Å². The van der Waals surface area contributed by atoms with Gasteiger partial charge in [-0.05, 0) is 62.8 Å². The highest BCUT2D eigenvalue weighted by Gasteiger charge is 2.37. The Bertz CT molecular complexity index is 1090. The van der Waals surface area contributed by atoms with Crippen LogP contribution >= 0.6 is 22.6 Å². The Labute approximate surface area is 175 Å². The molecule has 0 atom stereocenters. The maximum absolute atomic E-state index is 3.94. The molecule has 0 radical (unpaired) electrons. The van der Waals surface area contributed by atoms with Crippen molar-refractivity contribution >= 4 is 39.8 Å². The summed E-state index contributed by atoms with van der Waals surface area (Å²) in [6.45, 7) is 8.65. The Kier molecular flexibility index (Phi) is 4.98. The second-order valence-corrected chi connectivity index (χ2v) is 8.66. The number of halogens is 1. The molecule has 2 aliphatic rings. The van der Waals surface area contributed by atoms with Gasteiger partial charge in [-0.1, -0.05) is 104 Å². The van der Waals surface area contributed by atoms with Gasteiger partial charge in [0, 0.05) is 9.84 Å². The molecule has 2 aromatic carbocycles. The minimum absolute atomic E-state index is 0.0201. The van der Waals surface area contributed by atoms with E-state index in [1.165, 1.54) is 43.8 Å². The molecule has 0 bridgehead atoms. The van der Waals surface area contributed by atoms with Crippen LogP contribution in [0.25, 0.3) is 17.2 Å². The molecule has 1 heteroatoms. The van der Waals surface area contributed by atoms with Gasteiger partial charge in [0.1, 0.15) is 0 Å². The first-order chi connectivity index (χ1) is 13.1. The van der Waals surface area contributed by atoms with Crippen LogP contribution in [0.15, 0.2) is 72.8 Å². The molecular weight excluding hydrogens is 439 g/mol. The zero-order chi connectivity index (χ0) is 19.0. The van der Waals surface area contributed by atoms with Crippen molar-refractivity contribution in [3.63, 3.8) is 0 Å². The number of rotatable bonds is 3. The van der Waals surface area contributed by atoms with E-state index >= 15 is 0 Å². The summed E-state index contributed by atoms with van der Waals surface area (Å²) in [5.74, 6) is 0. The van der Waals surface area contributed by atoms with Gasteiger partial charge in [-0.15, -0.1) is 0 Å². The van der Waals surface area contributed by atoms with Crippen molar-refractivity contribution in [2.24, 2.45) is 0 Å². The summed E-state index contributed by atoms with van der Waals surface area (Å²) in [6.07, 6.45) is 11.0. The maximum atomic E-state index is 3.94. The number of hydrogen-bond acceptors (Lipinski definition) is 0. The minimum atomic E-state index is 0.0201. The van der Waals surface area contributed by atoms with Crippen LogP contribution in [0.1, 0.15) is 43.4 Å². The zero-order valence-electron chi connectivity index (χ0n) is 16.1. The van der Waals surface area contributed by atoms with Crippen molar-refractivity contribution in [2.45, 2.75) is 32.1 Å². The average Bonchev–Trinajstić information content (AvgIpc) is 2.89. The molecule has 136 valence electrons. The van der Waals surface area contributed by atoms with Crippen molar-refractivity contribution in [1.82, 2.24) is 0 Å². The summed E-state index contributed by atoms with van der Waals surface area (Å²) in [6, 6.07) is 15.9. The molecule has 2 aliphatic carbocycles. The quantitative estimate of drug-likeness (QED) is 0.405. The normalized spacial score (nSPS) is 20.3. The number of hydrogen-bond donors (Lipinski definition) is 0.